The Morgan fingerprint density at radius 1 is 1.46 bits per heavy atom. The molecule has 2 saturated carbocycles. The lowest BCUT2D eigenvalue weighted by atomic mass is 9.70. The topological polar surface area (TPSA) is 49.7 Å². The van der Waals surface area contributed by atoms with Gasteiger partial charge in [0, 0.05) is 11.3 Å². The van der Waals surface area contributed by atoms with Crippen LogP contribution in [0.25, 0.3) is 0 Å². The summed E-state index contributed by atoms with van der Waals surface area (Å²) < 4.78 is 0. The van der Waals surface area contributed by atoms with Crippen molar-refractivity contribution in [3.63, 3.8) is 0 Å². The molecule has 2 fully saturated rings. The molecular formula is C10H15NO2. The molecule has 2 atom stereocenters. The molecule has 1 N–H and O–H groups in total. The average Bonchev–Trinajstić information content (AvgIpc) is 2.36. The number of hydrogen-bond acceptors (Lipinski definition) is 3. The van der Waals surface area contributed by atoms with E-state index in [0.29, 0.717) is 5.71 Å². The van der Waals surface area contributed by atoms with Crippen molar-refractivity contribution >= 4 is 11.5 Å². The zero-order valence-corrected chi connectivity index (χ0v) is 8.29. The summed E-state index contributed by atoms with van der Waals surface area (Å²) in [5.41, 5.74) is 0.0731. The van der Waals surface area contributed by atoms with Gasteiger partial charge >= 0.3 is 0 Å². The zero-order chi connectivity index (χ0) is 9.85. The summed E-state index contributed by atoms with van der Waals surface area (Å²) in [6.45, 7) is 6.19. The molecule has 0 unspecified atom stereocenters. The molecule has 0 amide bonds. The van der Waals surface area contributed by atoms with Crippen LogP contribution < -0.4 is 0 Å². The molecule has 0 aromatic rings. The zero-order valence-electron chi connectivity index (χ0n) is 8.29. The number of oxime groups is 1. The van der Waals surface area contributed by atoms with Gasteiger partial charge in [-0.2, -0.15) is 0 Å². The van der Waals surface area contributed by atoms with Crippen molar-refractivity contribution in [2.45, 2.75) is 33.6 Å². The molecule has 0 aromatic carbocycles. The van der Waals surface area contributed by atoms with Crippen molar-refractivity contribution < 1.29 is 10.0 Å². The first-order chi connectivity index (χ1) is 5.95. The molecule has 2 aliphatic rings. The Balaban J connectivity index is 2.57. The summed E-state index contributed by atoms with van der Waals surface area (Å²) in [7, 11) is 0. The predicted molar refractivity (Wildman–Crippen MR) is 48.8 cm³/mol. The minimum Gasteiger partial charge on any atom is -0.411 e. The predicted octanol–water partition coefficient (Wildman–Crippen LogP) is 1.84. The molecule has 2 rings (SSSR count). The molecule has 2 aliphatic carbocycles. The molecule has 3 heteroatoms. The second kappa shape index (κ2) is 2.14. The fourth-order valence-corrected chi connectivity index (χ4v) is 2.94. The molecule has 13 heavy (non-hydrogen) atoms. The van der Waals surface area contributed by atoms with Crippen molar-refractivity contribution in [1.29, 1.82) is 0 Å². The van der Waals surface area contributed by atoms with E-state index in [2.05, 4.69) is 19.0 Å². The first-order valence-electron chi connectivity index (χ1n) is 4.72. The third-order valence-electron chi connectivity index (χ3n) is 4.40. The van der Waals surface area contributed by atoms with E-state index in [0.717, 1.165) is 12.8 Å². The van der Waals surface area contributed by atoms with E-state index < -0.39 is 0 Å². The van der Waals surface area contributed by atoms with Gasteiger partial charge in [0.25, 0.3) is 0 Å². The summed E-state index contributed by atoms with van der Waals surface area (Å²) in [4.78, 5) is 11.8. The van der Waals surface area contributed by atoms with Crippen LogP contribution in [-0.2, 0) is 4.79 Å². The molecule has 3 nitrogen and oxygen atoms in total. The Hall–Kier alpha value is -0.860. The van der Waals surface area contributed by atoms with Gasteiger partial charge in [0.05, 0.1) is 0 Å². The molecule has 0 aromatic heterocycles. The lowest BCUT2D eigenvalue weighted by molar-refractivity contribution is -0.123. The second-order valence-corrected chi connectivity index (χ2v) is 4.96. The van der Waals surface area contributed by atoms with Gasteiger partial charge in [-0.05, 0) is 18.3 Å². The molecule has 0 heterocycles. The minimum atomic E-state index is -0.292. The Morgan fingerprint density at radius 3 is 2.38 bits per heavy atom. The van der Waals surface area contributed by atoms with Gasteiger partial charge in [-0.15, -0.1) is 0 Å². The maximum Gasteiger partial charge on any atom is 0.187 e. The van der Waals surface area contributed by atoms with Crippen molar-refractivity contribution in [2.75, 3.05) is 0 Å². The van der Waals surface area contributed by atoms with Gasteiger partial charge in [0.15, 0.2) is 5.78 Å². The molecule has 0 radical (unpaired) electrons. The van der Waals surface area contributed by atoms with E-state index in [-0.39, 0.29) is 22.5 Å². The van der Waals surface area contributed by atoms with Crippen LogP contribution >= 0.6 is 0 Å². The van der Waals surface area contributed by atoms with Gasteiger partial charge in [0.2, 0.25) is 0 Å². The quantitative estimate of drug-likeness (QED) is 0.458. The van der Waals surface area contributed by atoms with E-state index in [4.69, 9.17) is 5.21 Å². The summed E-state index contributed by atoms with van der Waals surface area (Å²) in [6.07, 6.45) is 1.91. The van der Waals surface area contributed by atoms with E-state index in [1.54, 1.807) is 0 Å². The molecule has 0 spiro atoms. The van der Waals surface area contributed by atoms with E-state index in [1.165, 1.54) is 0 Å². The number of fused-ring (bicyclic) bond motifs is 2. The van der Waals surface area contributed by atoms with Crippen molar-refractivity contribution in [2.24, 2.45) is 21.9 Å². The average molecular weight is 181 g/mol. The molecule has 0 saturated heterocycles. The fourth-order valence-electron chi connectivity index (χ4n) is 2.94. The first kappa shape index (κ1) is 8.73. The molecule has 2 bridgehead atoms. The van der Waals surface area contributed by atoms with E-state index in [1.807, 2.05) is 6.92 Å². The molecule has 0 aliphatic heterocycles. The largest absolute Gasteiger partial charge is 0.411 e. The number of carbonyl (C=O) groups is 1. The highest BCUT2D eigenvalue weighted by Gasteiger charge is 2.65. The fraction of sp³-hybridized carbons (Fsp3) is 0.800. The highest BCUT2D eigenvalue weighted by atomic mass is 16.4. The molecule has 72 valence electrons. The number of hydrogen-bond donors (Lipinski definition) is 1. The Kier molecular flexibility index (Phi) is 1.44. The number of Topliss-reactive ketones (excluding diaryl/α,β-unsaturated/α-hetero) is 1. The van der Waals surface area contributed by atoms with Crippen LogP contribution in [0.2, 0.25) is 0 Å². The summed E-state index contributed by atoms with van der Waals surface area (Å²) in [6, 6.07) is 0. The van der Waals surface area contributed by atoms with Crippen LogP contribution in [0.1, 0.15) is 33.6 Å². The number of nitrogens with zero attached hydrogens (tertiary/aromatic N) is 1. The second-order valence-electron chi connectivity index (χ2n) is 4.96. The highest BCUT2D eigenvalue weighted by Crippen LogP contribution is 2.62. The first-order valence-corrected chi connectivity index (χ1v) is 4.72. The van der Waals surface area contributed by atoms with E-state index in [9.17, 15) is 4.79 Å². The van der Waals surface area contributed by atoms with Gasteiger partial charge in [0.1, 0.15) is 5.71 Å². The lowest BCUT2D eigenvalue weighted by Gasteiger charge is -2.31. The smallest absolute Gasteiger partial charge is 0.187 e. The van der Waals surface area contributed by atoms with Crippen LogP contribution in [0.15, 0.2) is 5.16 Å². The number of rotatable bonds is 0. The summed E-state index contributed by atoms with van der Waals surface area (Å²) in [5, 5.41) is 11.9. The lowest BCUT2D eigenvalue weighted by Crippen LogP contribution is -2.33. The maximum absolute atomic E-state index is 11.8. The van der Waals surface area contributed by atoms with Gasteiger partial charge in [-0.25, -0.2) is 0 Å². The van der Waals surface area contributed by atoms with Crippen molar-refractivity contribution in [1.82, 2.24) is 0 Å². The Morgan fingerprint density at radius 2 is 2.08 bits per heavy atom. The Bertz CT molecular complexity index is 306. The molecular weight excluding hydrogens is 166 g/mol. The standard InChI is InChI=1S/C10H15NO2/c1-9(2)6-4-5-10(9,3)8(12)7(6)11-13/h6,13H,4-5H2,1-3H3/b11-7-/t6-,10+/m1/s1. The summed E-state index contributed by atoms with van der Waals surface area (Å²) in [5.74, 6) is 0.214. The number of carbonyl (C=O) groups excluding carboxylic acids is 1. The third-order valence-corrected chi connectivity index (χ3v) is 4.40. The van der Waals surface area contributed by atoms with Crippen molar-refractivity contribution in [3.8, 4) is 0 Å². The maximum atomic E-state index is 11.8. The minimum absolute atomic E-state index is 0.0361. The SMILES string of the molecule is CC1(C)[C@@H]2CC[C@@]1(C)C(=O)/C2=N\O. The van der Waals surface area contributed by atoms with E-state index >= 15 is 0 Å². The van der Waals surface area contributed by atoms with Crippen LogP contribution in [0.4, 0.5) is 0 Å². The van der Waals surface area contributed by atoms with Crippen LogP contribution in [0, 0.1) is 16.7 Å². The van der Waals surface area contributed by atoms with Gasteiger partial charge in [-0.3, -0.25) is 4.79 Å². The third kappa shape index (κ3) is 0.713. The highest BCUT2D eigenvalue weighted by molar-refractivity contribution is 6.45. The Labute approximate surface area is 77.8 Å². The summed E-state index contributed by atoms with van der Waals surface area (Å²) >= 11 is 0. The van der Waals surface area contributed by atoms with Gasteiger partial charge < -0.3 is 5.21 Å². The van der Waals surface area contributed by atoms with Crippen LogP contribution in [0.3, 0.4) is 0 Å². The van der Waals surface area contributed by atoms with Gasteiger partial charge in [-0.1, -0.05) is 25.9 Å². The monoisotopic (exact) mass is 181 g/mol. The van der Waals surface area contributed by atoms with Crippen LogP contribution in [-0.4, -0.2) is 16.7 Å². The number of ketones is 1. The van der Waals surface area contributed by atoms with Crippen LogP contribution in [0.5, 0.6) is 0 Å². The van der Waals surface area contributed by atoms with Crippen molar-refractivity contribution in [3.05, 3.63) is 0 Å². The normalized spacial score (nSPS) is 44.7.